The number of aliphatic hydroxyl groups is 3. The van der Waals surface area contributed by atoms with Crippen LogP contribution in [0.2, 0.25) is 0 Å². The van der Waals surface area contributed by atoms with Crippen molar-refractivity contribution in [3.63, 3.8) is 0 Å². The Labute approximate surface area is 371 Å². The molecule has 8 aliphatic carbocycles. The molecule has 0 amide bonds. The highest BCUT2D eigenvalue weighted by Crippen LogP contribution is 2.69. The first-order chi connectivity index (χ1) is 29.5. The molecular formula is C54H75NO7. The molecule has 8 heteroatoms. The van der Waals surface area contributed by atoms with Crippen molar-refractivity contribution in [2.24, 2.45) is 63.6 Å². The second-order valence-electron chi connectivity index (χ2n) is 22.6. The summed E-state index contributed by atoms with van der Waals surface area (Å²) in [5.74, 6) is 8.49. The molecule has 0 saturated heterocycles. The monoisotopic (exact) mass is 850 g/mol. The van der Waals surface area contributed by atoms with Gasteiger partial charge in [-0.25, -0.2) is 0 Å². The molecular weight excluding hydrogens is 775 g/mol. The highest BCUT2D eigenvalue weighted by Gasteiger charge is 2.66. The summed E-state index contributed by atoms with van der Waals surface area (Å²) in [6, 6.07) is 9.10. The van der Waals surface area contributed by atoms with Gasteiger partial charge in [-0.3, -0.25) is 9.59 Å². The van der Waals surface area contributed by atoms with Crippen LogP contribution >= 0.6 is 0 Å². The standard InChI is InChI=1S/C54H75NO7/c1-7-22-54(61)24-21-43-40-15-11-34-27-37(56)14-16-39(34)49(40)41(31-52(43,54)4)33-9-12-36(13-10-33)55(6)25-26-62-38-20-23-51(3)35(28-38)29-46(57)50-44-18-17-42(32(2)8-19-48(59)60)53(44,5)47(58)30-45(50)51/h9-13,32,35,38,40-47,50,57-58,61H,8,14-21,23-31H2,1-6H3,(H,59,60)/t32-,35+,38+,40?,41-,42-,43?,44+,45+,46-,47+,50+,51+,52+,53-,54+/m1/s1. The molecule has 0 aliphatic heterocycles. The van der Waals surface area contributed by atoms with Crippen LogP contribution in [0.4, 0.5) is 5.69 Å². The van der Waals surface area contributed by atoms with Crippen molar-refractivity contribution in [2.45, 2.75) is 167 Å². The van der Waals surface area contributed by atoms with Crippen LogP contribution in [0.5, 0.6) is 0 Å². The van der Waals surface area contributed by atoms with E-state index in [1.807, 2.05) is 6.92 Å². The predicted molar refractivity (Wildman–Crippen MR) is 242 cm³/mol. The van der Waals surface area contributed by atoms with E-state index in [2.05, 4.69) is 81.8 Å². The molecule has 8 nitrogen and oxygen atoms in total. The molecule has 9 rings (SSSR count). The van der Waals surface area contributed by atoms with Gasteiger partial charge in [0.15, 0.2) is 0 Å². The quantitative estimate of drug-likeness (QED) is 0.172. The molecule has 62 heavy (non-hydrogen) atoms. The van der Waals surface area contributed by atoms with E-state index in [-0.39, 0.29) is 70.4 Å². The summed E-state index contributed by atoms with van der Waals surface area (Å²) in [5, 5.41) is 45.4. The second kappa shape index (κ2) is 16.5. The zero-order valence-electron chi connectivity index (χ0n) is 38.5. The molecule has 7 fully saturated rings. The van der Waals surface area contributed by atoms with Crippen LogP contribution in [0.3, 0.4) is 0 Å². The van der Waals surface area contributed by atoms with Gasteiger partial charge in [-0.1, -0.05) is 57.4 Å². The van der Waals surface area contributed by atoms with Crippen LogP contribution < -0.4 is 4.90 Å². The van der Waals surface area contributed by atoms with Crippen molar-refractivity contribution in [3.8, 4) is 11.8 Å². The van der Waals surface area contributed by atoms with Crippen molar-refractivity contribution in [3.05, 3.63) is 52.6 Å². The maximum Gasteiger partial charge on any atom is 0.303 e. The van der Waals surface area contributed by atoms with Crippen molar-refractivity contribution >= 4 is 17.4 Å². The molecule has 2 unspecified atom stereocenters. The number of carboxylic acid groups (broad SMARTS) is 1. The second-order valence-corrected chi connectivity index (χ2v) is 22.6. The molecule has 0 bridgehead atoms. The third-order valence-electron chi connectivity index (χ3n) is 20.0. The van der Waals surface area contributed by atoms with E-state index < -0.39 is 17.7 Å². The lowest BCUT2D eigenvalue weighted by atomic mass is 9.43. The third-order valence-corrected chi connectivity index (χ3v) is 20.0. The Morgan fingerprint density at radius 2 is 1.76 bits per heavy atom. The smallest absolute Gasteiger partial charge is 0.303 e. The van der Waals surface area contributed by atoms with E-state index in [4.69, 9.17) is 4.74 Å². The minimum atomic E-state index is -0.991. The number of likely N-dealkylation sites (N-methyl/N-ethyl adjacent to an activating group) is 1. The Morgan fingerprint density at radius 3 is 2.50 bits per heavy atom. The van der Waals surface area contributed by atoms with E-state index in [0.29, 0.717) is 49.4 Å². The zero-order valence-corrected chi connectivity index (χ0v) is 38.5. The maximum atomic E-state index is 12.6. The number of nitrogens with zero attached hydrogens (tertiary/aromatic N) is 1. The SMILES string of the molecule is CC#C[C@]1(O)CCC2C3CC=C4CC(=O)CCC4=C3[C@@H](c3ccc(N(C)CCO[C@H]4CC[C@@]5(C)[C@@H](C4)C[C@@H](O)[C@@H]4[C@@H]5C[C@H](O)[C@]5(C)[C@@H]([C@H](C)CCC(=O)O)CC[C@@H]45)cc3)C[C@@]21C. The first-order valence-electron chi connectivity index (χ1n) is 24.6. The van der Waals surface area contributed by atoms with E-state index in [1.165, 1.54) is 22.3 Å². The van der Waals surface area contributed by atoms with Gasteiger partial charge in [0.25, 0.3) is 0 Å². The molecule has 7 saturated carbocycles. The average molecular weight is 850 g/mol. The number of rotatable bonds is 10. The summed E-state index contributed by atoms with van der Waals surface area (Å²) in [4.78, 5) is 26.2. The number of anilines is 1. The largest absolute Gasteiger partial charge is 0.481 e. The number of ketones is 1. The number of hydrogen-bond acceptors (Lipinski definition) is 7. The third kappa shape index (κ3) is 7.08. The fourth-order valence-corrected chi connectivity index (χ4v) is 16.6. The van der Waals surface area contributed by atoms with E-state index in [9.17, 15) is 30.0 Å². The number of hydrogen-bond donors (Lipinski definition) is 4. The summed E-state index contributed by atoms with van der Waals surface area (Å²) in [5.41, 5.74) is 5.14. The number of fused-ring (bicyclic) bond motifs is 9. The van der Waals surface area contributed by atoms with Crippen molar-refractivity contribution < 1.29 is 34.8 Å². The van der Waals surface area contributed by atoms with Gasteiger partial charge in [0.2, 0.25) is 0 Å². The minimum Gasteiger partial charge on any atom is -0.481 e. The van der Waals surface area contributed by atoms with Crippen LogP contribution in [0.1, 0.15) is 149 Å². The van der Waals surface area contributed by atoms with Crippen LogP contribution in [0.15, 0.2) is 47.1 Å². The van der Waals surface area contributed by atoms with Crippen LogP contribution in [-0.4, -0.2) is 76.3 Å². The lowest BCUT2D eigenvalue weighted by Gasteiger charge is -2.63. The molecule has 0 spiro atoms. The molecule has 0 radical (unpaired) electrons. The number of aliphatic carboxylic acids is 1. The normalized spacial score (nSPS) is 43.7. The number of carboxylic acids is 1. The molecule has 4 N–H and O–H groups in total. The van der Waals surface area contributed by atoms with E-state index in [0.717, 1.165) is 89.3 Å². The Balaban J connectivity index is 0.840. The molecule has 0 aromatic heterocycles. The Morgan fingerprint density at radius 1 is 0.984 bits per heavy atom. The predicted octanol–water partition coefficient (Wildman–Crippen LogP) is 9.26. The van der Waals surface area contributed by atoms with Crippen molar-refractivity contribution in [1.29, 1.82) is 0 Å². The molecule has 1 aromatic carbocycles. The molecule has 1 aromatic rings. The molecule has 8 aliphatic rings. The summed E-state index contributed by atoms with van der Waals surface area (Å²) in [6.07, 6.45) is 14.6. The van der Waals surface area contributed by atoms with Gasteiger partial charge in [0.05, 0.1) is 24.9 Å². The van der Waals surface area contributed by atoms with E-state index in [1.54, 1.807) is 0 Å². The number of allylic oxidation sites excluding steroid dienone is 4. The Kier molecular flexibility index (Phi) is 11.8. The number of aliphatic hydroxyl groups excluding tert-OH is 2. The van der Waals surface area contributed by atoms with Gasteiger partial charge in [-0.2, -0.15) is 0 Å². The van der Waals surface area contributed by atoms with Gasteiger partial charge in [0, 0.05) is 49.9 Å². The average Bonchev–Trinajstić information content (AvgIpc) is 3.73. The number of carbonyl (C=O) groups excluding carboxylic acids is 1. The van der Waals surface area contributed by atoms with Crippen molar-refractivity contribution in [2.75, 3.05) is 25.1 Å². The summed E-state index contributed by atoms with van der Waals surface area (Å²) >= 11 is 0. The van der Waals surface area contributed by atoms with Gasteiger partial charge in [-0.05, 0) is 177 Å². The van der Waals surface area contributed by atoms with Gasteiger partial charge in [-0.15, -0.1) is 5.92 Å². The first kappa shape index (κ1) is 44.3. The number of ether oxygens (including phenoxy) is 1. The number of benzene rings is 1. The van der Waals surface area contributed by atoms with Gasteiger partial charge in [0.1, 0.15) is 11.4 Å². The molecule has 0 heterocycles. The lowest BCUT2D eigenvalue weighted by molar-refractivity contribution is -0.209. The van der Waals surface area contributed by atoms with Gasteiger partial charge >= 0.3 is 5.97 Å². The number of carbonyl (C=O) groups is 2. The molecule has 338 valence electrons. The fourth-order valence-electron chi connectivity index (χ4n) is 16.6. The Bertz CT molecular complexity index is 2030. The van der Waals surface area contributed by atoms with Crippen molar-refractivity contribution in [1.82, 2.24) is 0 Å². The number of Topliss-reactive ketones (excluding diaryl/α,β-unsaturated/α-hetero) is 1. The summed E-state index contributed by atoms with van der Waals surface area (Å²) in [7, 11) is 2.14. The van der Waals surface area contributed by atoms with Crippen LogP contribution in [0.25, 0.3) is 0 Å². The van der Waals surface area contributed by atoms with Crippen LogP contribution in [0, 0.1) is 75.4 Å². The highest BCUT2D eigenvalue weighted by atomic mass is 16.5. The fraction of sp³-hybridized carbons (Fsp3) is 0.741. The zero-order chi connectivity index (χ0) is 43.9. The topological polar surface area (TPSA) is 128 Å². The van der Waals surface area contributed by atoms with E-state index >= 15 is 0 Å². The maximum absolute atomic E-state index is 12.6. The minimum absolute atomic E-state index is 0.0643. The lowest BCUT2D eigenvalue weighted by Crippen LogP contribution is -2.62. The Hall–Kier alpha value is -2.96. The highest BCUT2D eigenvalue weighted by molar-refractivity contribution is 5.84. The first-order valence-corrected chi connectivity index (χ1v) is 24.6. The van der Waals surface area contributed by atoms with Crippen LogP contribution in [-0.2, 0) is 14.3 Å². The summed E-state index contributed by atoms with van der Waals surface area (Å²) in [6.45, 7) is 12.4. The summed E-state index contributed by atoms with van der Waals surface area (Å²) < 4.78 is 6.67. The molecule has 16 atom stereocenters. The van der Waals surface area contributed by atoms with Gasteiger partial charge < -0.3 is 30.1 Å².